The average molecular weight is 464 g/mol. The number of carbonyl (C=O) groups is 1. The molecule has 9 heteroatoms. The number of aromatic nitrogens is 3. The molecule has 2 aromatic heterocycles. The van der Waals surface area contributed by atoms with Gasteiger partial charge in [0, 0.05) is 37.8 Å². The molecule has 2 fully saturated rings. The number of fused-ring (bicyclic) bond motifs is 1. The molecule has 0 N–H and O–H groups in total. The number of piperazine rings is 1. The quantitative estimate of drug-likeness (QED) is 0.628. The second kappa shape index (κ2) is 8.71. The van der Waals surface area contributed by atoms with Crippen molar-refractivity contribution in [3.63, 3.8) is 0 Å². The van der Waals surface area contributed by atoms with Crippen LogP contribution in [0.1, 0.15) is 53.3 Å². The van der Waals surface area contributed by atoms with Crippen LogP contribution in [0.25, 0.3) is 11.2 Å². The summed E-state index contributed by atoms with van der Waals surface area (Å²) in [6.07, 6.45) is 2.05. The Bertz CT molecular complexity index is 996. The lowest BCUT2D eigenvalue weighted by Gasteiger charge is -2.45. The first-order chi connectivity index (χ1) is 15.0. The van der Waals surface area contributed by atoms with E-state index < -0.39 is 5.60 Å². The molecule has 2 saturated heterocycles. The van der Waals surface area contributed by atoms with Gasteiger partial charge in [-0.15, -0.1) is 0 Å². The SMILES string of the molecule is Cc1nc2c(N3C[C@@H](C)N(C(=O)OC(C)(C)C)C[C@@H]3C)cc(Cl)nc2n1C[C@@H]1CCCO1. The number of pyridine rings is 1. The highest BCUT2D eigenvalue weighted by molar-refractivity contribution is 6.30. The van der Waals surface area contributed by atoms with Crippen LogP contribution < -0.4 is 4.90 Å². The van der Waals surface area contributed by atoms with Crippen molar-refractivity contribution in [1.82, 2.24) is 19.4 Å². The Hall–Kier alpha value is -2.06. The highest BCUT2D eigenvalue weighted by atomic mass is 35.5. The van der Waals surface area contributed by atoms with Crippen molar-refractivity contribution < 1.29 is 14.3 Å². The molecule has 0 aromatic carbocycles. The number of hydrogen-bond donors (Lipinski definition) is 0. The molecule has 4 heterocycles. The molecule has 0 aliphatic carbocycles. The van der Waals surface area contributed by atoms with Crippen molar-refractivity contribution in [2.24, 2.45) is 0 Å². The highest BCUT2D eigenvalue weighted by Crippen LogP contribution is 2.33. The summed E-state index contributed by atoms with van der Waals surface area (Å²) in [5, 5.41) is 0.440. The number of amides is 1. The van der Waals surface area contributed by atoms with Gasteiger partial charge in [-0.25, -0.2) is 14.8 Å². The predicted octanol–water partition coefficient (Wildman–Crippen LogP) is 4.41. The highest BCUT2D eigenvalue weighted by Gasteiger charge is 2.36. The normalized spacial score (nSPS) is 24.4. The molecule has 2 aliphatic heterocycles. The van der Waals surface area contributed by atoms with Crippen LogP contribution in [0.4, 0.5) is 10.5 Å². The maximum absolute atomic E-state index is 12.7. The van der Waals surface area contributed by atoms with E-state index in [0.717, 1.165) is 48.7 Å². The molecular weight excluding hydrogens is 430 g/mol. The first kappa shape index (κ1) is 23.1. The molecule has 176 valence electrons. The minimum atomic E-state index is -0.518. The summed E-state index contributed by atoms with van der Waals surface area (Å²) in [6, 6.07) is 1.95. The van der Waals surface area contributed by atoms with Crippen molar-refractivity contribution in [1.29, 1.82) is 0 Å². The Morgan fingerprint density at radius 3 is 2.66 bits per heavy atom. The fraction of sp³-hybridized carbons (Fsp3) is 0.696. The monoisotopic (exact) mass is 463 g/mol. The lowest BCUT2D eigenvalue weighted by atomic mass is 10.1. The first-order valence-electron chi connectivity index (χ1n) is 11.4. The van der Waals surface area contributed by atoms with E-state index in [0.29, 0.717) is 18.2 Å². The molecule has 0 spiro atoms. The van der Waals surface area contributed by atoms with Crippen molar-refractivity contribution in [2.45, 2.75) is 84.7 Å². The molecule has 4 rings (SSSR count). The van der Waals surface area contributed by atoms with E-state index in [1.54, 1.807) is 0 Å². The molecule has 0 bridgehead atoms. The number of imidazole rings is 1. The van der Waals surface area contributed by atoms with Gasteiger partial charge in [0.25, 0.3) is 0 Å². The smallest absolute Gasteiger partial charge is 0.410 e. The zero-order chi connectivity index (χ0) is 23.2. The van der Waals surface area contributed by atoms with Crippen LogP contribution in [0.2, 0.25) is 5.15 Å². The summed E-state index contributed by atoms with van der Waals surface area (Å²) >= 11 is 6.48. The molecular formula is C23H34ClN5O3. The van der Waals surface area contributed by atoms with Gasteiger partial charge in [-0.05, 0) is 54.4 Å². The Balaban J connectivity index is 1.63. The summed E-state index contributed by atoms with van der Waals surface area (Å²) in [5.41, 5.74) is 2.07. The minimum absolute atomic E-state index is 0.0156. The van der Waals surface area contributed by atoms with Gasteiger partial charge in [0.2, 0.25) is 0 Å². The van der Waals surface area contributed by atoms with Gasteiger partial charge in [-0.1, -0.05) is 11.6 Å². The molecule has 0 radical (unpaired) electrons. The number of aryl methyl sites for hydroxylation is 1. The number of ether oxygens (including phenoxy) is 2. The molecule has 1 amide bonds. The lowest BCUT2D eigenvalue weighted by Crippen LogP contribution is -2.59. The molecule has 2 aromatic rings. The topological polar surface area (TPSA) is 72.7 Å². The van der Waals surface area contributed by atoms with E-state index in [4.69, 9.17) is 26.1 Å². The van der Waals surface area contributed by atoms with E-state index in [-0.39, 0.29) is 24.3 Å². The van der Waals surface area contributed by atoms with Crippen LogP contribution in [0.3, 0.4) is 0 Å². The summed E-state index contributed by atoms with van der Waals surface area (Å²) in [5.74, 6) is 0.902. The number of rotatable bonds is 3. The molecule has 3 atom stereocenters. The van der Waals surface area contributed by atoms with Gasteiger partial charge in [0.15, 0.2) is 5.65 Å². The van der Waals surface area contributed by atoms with Crippen LogP contribution >= 0.6 is 11.6 Å². The Kier molecular flexibility index (Phi) is 6.29. The first-order valence-corrected chi connectivity index (χ1v) is 11.8. The third-order valence-corrected chi connectivity index (χ3v) is 6.37. The number of halogens is 1. The van der Waals surface area contributed by atoms with Gasteiger partial charge < -0.3 is 23.8 Å². The lowest BCUT2D eigenvalue weighted by molar-refractivity contribution is 0.0130. The second-order valence-electron chi connectivity index (χ2n) is 10.0. The Morgan fingerprint density at radius 1 is 1.25 bits per heavy atom. The maximum Gasteiger partial charge on any atom is 0.410 e. The fourth-order valence-corrected chi connectivity index (χ4v) is 4.80. The second-order valence-corrected chi connectivity index (χ2v) is 10.4. The van der Waals surface area contributed by atoms with E-state index in [2.05, 4.69) is 21.4 Å². The van der Waals surface area contributed by atoms with Gasteiger partial charge in [-0.2, -0.15) is 0 Å². The number of anilines is 1. The predicted molar refractivity (Wildman–Crippen MR) is 125 cm³/mol. The zero-order valence-corrected chi connectivity index (χ0v) is 20.6. The van der Waals surface area contributed by atoms with Crippen LogP contribution in [0.5, 0.6) is 0 Å². The summed E-state index contributed by atoms with van der Waals surface area (Å²) in [4.78, 5) is 26.3. The molecule has 8 nitrogen and oxygen atoms in total. The standard InChI is InChI=1S/C23H34ClN5O3/c1-14-12-28(22(30)32-23(4,5)6)15(2)11-27(14)18-10-19(24)26-21-20(18)25-16(3)29(21)13-17-8-7-9-31-17/h10,14-15,17H,7-9,11-13H2,1-6H3/t14-,15+,17-/m0/s1. The van der Waals surface area contributed by atoms with E-state index in [1.165, 1.54) is 0 Å². The third-order valence-electron chi connectivity index (χ3n) is 6.18. The zero-order valence-electron chi connectivity index (χ0n) is 19.9. The van der Waals surface area contributed by atoms with E-state index in [9.17, 15) is 4.79 Å². The average Bonchev–Trinajstić information content (AvgIpc) is 3.30. The molecule has 0 saturated carbocycles. The van der Waals surface area contributed by atoms with E-state index in [1.807, 2.05) is 45.6 Å². The van der Waals surface area contributed by atoms with Crippen LogP contribution in [0, 0.1) is 6.92 Å². The van der Waals surface area contributed by atoms with Crippen molar-refractivity contribution in [3.05, 3.63) is 17.0 Å². The minimum Gasteiger partial charge on any atom is -0.444 e. The third kappa shape index (κ3) is 4.66. The van der Waals surface area contributed by atoms with Gasteiger partial charge in [0.1, 0.15) is 22.1 Å². The van der Waals surface area contributed by atoms with Crippen LogP contribution in [0.15, 0.2) is 6.07 Å². The number of hydrogen-bond acceptors (Lipinski definition) is 6. The Labute approximate surface area is 194 Å². The van der Waals surface area contributed by atoms with Crippen molar-refractivity contribution in [2.75, 3.05) is 24.6 Å². The van der Waals surface area contributed by atoms with Gasteiger partial charge >= 0.3 is 6.09 Å². The maximum atomic E-state index is 12.7. The summed E-state index contributed by atoms with van der Waals surface area (Å²) in [6.45, 7) is 14.6. The number of nitrogens with zero attached hydrogens (tertiary/aromatic N) is 5. The molecule has 32 heavy (non-hydrogen) atoms. The summed E-state index contributed by atoms with van der Waals surface area (Å²) < 4.78 is 13.6. The summed E-state index contributed by atoms with van der Waals surface area (Å²) in [7, 11) is 0. The van der Waals surface area contributed by atoms with Crippen LogP contribution in [-0.4, -0.2) is 69.0 Å². The van der Waals surface area contributed by atoms with Gasteiger partial charge in [0.05, 0.1) is 18.3 Å². The Morgan fingerprint density at radius 2 is 2.00 bits per heavy atom. The van der Waals surface area contributed by atoms with E-state index >= 15 is 0 Å². The molecule has 2 aliphatic rings. The molecule has 0 unspecified atom stereocenters. The number of carbonyl (C=O) groups excluding carboxylic acids is 1. The van der Waals surface area contributed by atoms with Crippen molar-refractivity contribution >= 4 is 34.5 Å². The fourth-order valence-electron chi connectivity index (χ4n) is 4.62. The van der Waals surface area contributed by atoms with Crippen LogP contribution in [-0.2, 0) is 16.0 Å². The largest absolute Gasteiger partial charge is 0.444 e. The van der Waals surface area contributed by atoms with Gasteiger partial charge in [-0.3, -0.25) is 0 Å². The van der Waals surface area contributed by atoms with Crippen molar-refractivity contribution in [3.8, 4) is 0 Å².